The fourth-order valence-corrected chi connectivity index (χ4v) is 0.714. The van der Waals surface area contributed by atoms with Crippen molar-refractivity contribution in [3.8, 4) is 0 Å². The maximum Gasteiger partial charge on any atom is 0.407 e. The minimum atomic E-state index is -1.37. The maximum absolute atomic E-state index is 11.1. The third-order valence-electron chi connectivity index (χ3n) is 1.31. The highest BCUT2D eigenvalue weighted by Crippen LogP contribution is 2.06. The normalized spacial score (nSPS) is 12.9. The molecule has 0 aromatic rings. The summed E-state index contributed by atoms with van der Waals surface area (Å²) in [7, 11) is 1.15. The van der Waals surface area contributed by atoms with Crippen molar-refractivity contribution < 1.29 is 24.2 Å². The van der Waals surface area contributed by atoms with E-state index in [-0.39, 0.29) is 6.54 Å². The number of rotatable bonds is 3. The highest BCUT2D eigenvalue weighted by atomic mass is 16.6. The van der Waals surface area contributed by atoms with E-state index in [1.807, 2.05) is 0 Å². The first-order valence-electron chi connectivity index (χ1n) is 4.49. The molecule has 15 heavy (non-hydrogen) atoms. The average molecular weight is 219 g/mol. The summed E-state index contributed by atoms with van der Waals surface area (Å²) < 4.78 is 9.15. The number of carbonyl (C=O) groups excluding carboxylic acids is 2. The number of aliphatic hydroxyl groups excluding tert-OH is 1. The molecule has 6 nitrogen and oxygen atoms in total. The number of ether oxygens (including phenoxy) is 2. The summed E-state index contributed by atoms with van der Waals surface area (Å²) in [5.41, 5.74) is -0.611. The minimum Gasteiger partial charge on any atom is -0.467 e. The zero-order chi connectivity index (χ0) is 12.1. The third-order valence-corrected chi connectivity index (χ3v) is 1.31. The SMILES string of the molecule is COC(=O)C(O)CNC(=O)OC(C)(C)C. The second-order valence-electron chi connectivity index (χ2n) is 3.92. The van der Waals surface area contributed by atoms with Crippen molar-refractivity contribution in [2.45, 2.75) is 32.5 Å². The van der Waals surface area contributed by atoms with E-state index in [1.54, 1.807) is 20.8 Å². The van der Waals surface area contributed by atoms with Crippen molar-refractivity contribution in [3.63, 3.8) is 0 Å². The standard InChI is InChI=1S/C9H17NO5/c1-9(2,3)15-8(13)10-5-6(11)7(12)14-4/h6,11H,5H2,1-4H3,(H,10,13). The van der Waals surface area contributed by atoms with E-state index in [9.17, 15) is 9.59 Å². The topological polar surface area (TPSA) is 84.9 Å². The van der Waals surface area contributed by atoms with Gasteiger partial charge in [0, 0.05) is 0 Å². The van der Waals surface area contributed by atoms with E-state index in [2.05, 4.69) is 10.1 Å². The van der Waals surface area contributed by atoms with Gasteiger partial charge in [-0.15, -0.1) is 0 Å². The van der Waals surface area contributed by atoms with Crippen LogP contribution in [0, 0.1) is 0 Å². The lowest BCUT2D eigenvalue weighted by Gasteiger charge is -2.20. The quantitative estimate of drug-likeness (QED) is 0.655. The number of alkyl carbamates (subject to hydrolysis) is 1. The van der Waals surface area contributed by atoms with E-state index >= 15 is 0 Å². The van der Waals surface area contributed by atoms with Crippen LogP contribution in [0.5, 0.6) is 0 Å². The van der Waals surface area contributed by atoms with Gasteiger partial charge in [-0.3, -0.25) is 0 Å². The van der Waals surface area contributed by atoms with Crippen LogP contribution in [0.1, 0.15) is 20.8 Å². The number of hydrogen-bond acceptors (Lipinski definition) is 5. The molecule has 1 unspecified atom stereocenters. The Labute approximate surface area is 88.6 Å². The lowest BCUT2D eigenvalue weighted by Crippen LogP contribution is -2.40. The van der Waals surface area contributed by atoms with Gasteiger partial charge in [0.15, 0.2) is 6.10 Å². The molecule has 0 saturated heterocycles. The molecule has 0 radical (unpaired) electrons. The van der Waals surface area contributed by atoms with Crippen molar-refractivity contribution in [1.29, 1.82) is 0 Å². The van der Waals surface area contributed by atoms with Gasteiger partial charge >= 0.3 is 12.1 Å². The van der Waals surface area contributed by atoms with Crippen LogP contribution in [-0.4, -0.2) is 42.5 Å². The summed E-state index contributed by atoms with van der Waals surface area (Å²) in [6, 6.07) is 0. The van der Waals surface area contributed by atoms with Crippen molar-refractivity contribution >= 4 is 12.1 Å². The Morgan fingerprint density at radius 3 is 2.33 bits per heavy atom. The lowest BCUT2D eigenvalue weighted by molar-refractivity contribution is -0.149. The number of methoxy groups -OCH3 is 1. The Hall–Kier alpha value is -1.30. The Morgan fingerprint density at radius 2 is 1.93 bits per heavy atom. The second-order valence-corrected chi connectivity index (χ2v) is 3.92. The second kappa shape index (κ2) is 5.55. The molecule has 0 spiro atoms. The van der Waals surface area contributed by atoms with Gasteiger partial charge in [-0.05, 0) is 20.8 Å². The first kappa shape index (κ1) is 13.7. The fourth-order valence-electron chi connectivity index (χ4n) is 0.714. The molecule has 2 N–H and O–H groups in total. The van der Waals surface area contributed by atoms with Gasteiger partial charge in [0.05, 0.1) is 13.7 Å². The smallest absolute Gasteiger partial charge is 0.407 e. The van der Waals surface area contributed by atoms with Crippen LogP contribution in [0.4, 0.5) is 4.79 Å². The number of hydrogen-bond donors (Lipinski definition) is 2. The largest absolute Gasteiger partial charge is 0.467 e. The van der Waals surface area contributed by atoms with Crippen molar-refractivity contribution in [3.05, 3.63) is 0 Å². The molecule has 0 fully saturated rings. The van der Waals surface area contributed by atoms with Crippen molar-refractivity contribution in [2.75, 3.05) is 13.7 Å². The van der Waals surface area contributed by atoms with Gasteiger partial charge < -0.3 is 19.9 Å². The average Bonchev–Trinajstić information content (AvgIpc) is 2.10. The van der Waals surface area contributed by atoms with Gasteiger partial charge in [0.1, 0.15) is 5.60 Å². The molecule has 1 amide bonds. The van der Waals surface area contributed by atoms with Crippen LogP contribution in [-0.2, 0) is 14.3 Å². The lowest BCUT2D eigenvalue weighted by atomic mass is 10.2. The highest BCUT2D eigenvalue weighted by Gasteiger charge is 2.19. The summed E-state index contributed by atoms with van der Waals surface area (Å²) in [5.74, 6) is -0.800. The zero-order valence-corrected chi connectivity index (χ0v) is 9.36. The number of amides is 1. The third kappa shape index (κ3) is 6.73. The maximum atomic E-state index is 11.1. The minimum absolute atomic E-state index is 0.235. The van der Waals surface area contributed by atoms with Gasteiger partial charge in [0.2, 0.25) is 0 Å². The van der Waals surface area contributed by atoms with Crippen molar-refractivity contribution in [1.82, 2.24) is 5.32 Å². The monoisotopic (exact) mass is 219 g/mol. The van der Waals surface area contributed by atoms with E-state index in [1.165, 1.54) is 0 Å². The molecule has 0 aliphatic rings. The number of carbonyl (C=O) groups is 2. The summed E-state index contributed by atoms with van der Waals surface area (Å²) in [6.07, 6.45) is -2.06. The highest BCUT2D eigenvalue weighted by molar-refractivity contribution is 5.75. The Morgan fingerprint density at radius 1 is 1.40 bits per heavy atom. The van der Waals surface area contributed by atoms with Gasteiger partial charge in [-0.1, -0.05) is 0 Å². The van der Waals surface area contributed by atoms with Crippen LogP contribution in [0.2, 0.25) is 0 Å². The van der Waals surface area contributed by atoms with E-state index in [0.29, 0.717) is 0 Å². The first-order valence-corrected chi connectivity index (χ1v) is 4.49. The Bertz CT molecular complexity index is 233. The van der Waals surface area contributed by atoms with Crippen LogP contribution >= 0.6 is 0 Å². The van der Waals surface area contributed by atoms with Crippen LogP contribution in [0.15, 0.2) is 0 Å². The fraction of sp³-hybridized carbons (Fsp3) is 0.778. The summed E-state index contributed by atoms with van der Waals surface area (Å²) in [4.78, 5) is 21.8. The van der Waals surface area contributed by atoms with Crippen molar-refractivity contribution in [2.24, 2.45) is 0 Å². The van der Waals surface area contributed by atoms with E-state index in [0.717, 1.165) is 7.11 Å². The van der Waals surface area contributed by atoms with Crippen LogP contribution in [0.25, 0.3) is 0 Å². The van der Waals surface area contributed by atoms with Crippen LogP contribution < -0.4 is 5.32 Å². The predicted octanol–water partition coefficient (Wildman–Crippen LogP) is 0.0450. The van der Waals surface area contributed by atoms with Gasteiger partial charge in [-0.25, -0.2) is 9.59 Å². The molecule has 0 bridgehead atoms. The molecule has 88 valence electrons. The number of esters is 1. The Balaban J connectivity index is 3.86. The molecule has 1 atom stereocenters. The molecular formula is C9H17NO5. The van der Waals surface area contributed by atoms with E-state index < -0.39 is 23.8 Å². The molecule has 0 aromatic heterocycles. The number of aliphatic hydroxyl groups is 1. The molecule has 0 aliphatic heterocycles. The molecule has 0 rings (SSSR count). The van der Waals surface area contributed by atoms with Gasteiger partial charge in [-0.2, -0.15) is 0 Å². The van der Waals surface area contributed by atoms with E-state index in [4.69, 9.17) is 9.84 Å². The number of nitrogens with one attached hydrogen (secondary N) is 1. The first-order chi connectivity index (χ1) is 6.76. The predicted molar refractivity (Wildman–Crippen MR) is 52.3 cm³/mol. The van der Waals surface area contributed by atoms with Crippen LogP contribution in [0.3, 0.4) is 0 Å². The summed E-state index contributed by atoms with van der Waals surface area (Å²) in [6.45, 7) is 4.90. The van der Waals surface area contributed by atoms with Gasteiger partial charge in [0.25, 0.3) is 0 Å². The Kier molecular flexibility index (Phi) is 5.07. The zero-order valence-electron chi connectivity index (χ0n) is 9.36. The molecule has 0 heterocycles. The molecule has 0 saturated carbocycles. The molecule has 0 aromatic carbocycles. The molecule has 6 heteroatoms. The summed E-state index contributed by atoms with van der Waals surface area (Å²) in [5, 5.41) is 11.4. The molecule has 0 aliphatic carbocycles. The molecular weight excluding hydrogens is 202 g/mol. The summed E-state index contributed by atoms with van der Waals surface area (Å²) >= 11 is 0.